The second kappa shape index (κ2) is 17.0. The third-order valence-corrected chi connectivity index (χ3v) is 11.2. The molecule has 4 aliphatic heterocycles. The number of rotatable bonds is 10. The molecule has 6 atom stereocenters. The van der Waals surface area contributed by atoms with Crippen molar-refractivity contribution >= 4 is 5.97 Å². The Morgan fingerprint density at radius 1 is 0.740 bits per heavy atom. The lowest BCUT2D eigenvalue weighted by Gasteiger charge is -2.47. The fourth-order valence-corrected chi connectivity index (χ4v) is 8.85. The second-order valence-corrected chi connectivity index (χ2v) is 15.4. The van der Waals surface area contributed by atoms with Crippen LogP contribution in [0.4, 0.5) is 0 Å². The van der Waals surface area contributed by atoms with Crippen LogP contribution in [-0.2, 0) is 22.4 Å². The normalized spacial score (nSPS) is 26.1. The Balaban J connectivity index is 0.000000197. The highest BCUT2D eigenvalue weighted by atomic mass is 16.5. The zero-order chi connectivity index (χ0) is 36.1. The van der Waals surface area contributed by atoms with Gasteiger partial charge in [0.1, 0.15) is 6.10 Å². The minimum Gasteiger partial charge on any atom is -0.493 e. The number of methoxy groups -OCH3 is 4. The SMILES string of the molecule is COc1cc2c(cc1OC)C1CC(O)C(CC(C)C)CN1CC2.COc1cc2c(cc1OC)C1CC(OC(=O)CN)C(CC(C)C)CN1CC2. The molecule has 6 unspecified atom stereocenters. The molecule has 2 saturated heterocycles. The Hall–Kier alpha value is -3.05. The highest BCUT2D eigenvalue weighted by molar-refractivity contribution is 5.71. The molecule has 0 radical (unpaired) electrons. The summed E-state index contributed by atoms with van der Waals surface area (Å²) >= 11 is 0. The Labute approximate surface area is 299 Å². The maximum absolute atomic E-state index is 11.9. The molecule has 278 valence electrons. The van der Waals surface area contributed by atoms with Crippen LogP contribution in [0.15, 0.2) is 24.3 Å². The van der Waals surface area contributed by atoms with Gasteiger partial charge in [-0.3, -0.25) is 14.6 Å². The number of piperidine rings is 2. The van der Waals surface area contributed by atoms with E-state index in [0.29, 0.717) is 29.7 Å². The largest absolute Gasteiger partial charge is 0.493 e. The van der Waals surface area contributed by atoms with Gasteiger partial charge in [0.05, 0.1) is 41.1 Å². The summed E-state index contributed by atoms with van der Waals surface area (Å²) in [5.41, 5.74) is 10.7. The topological polar surface area (TPSA) is 116 Å². The molecule has 0 spiro atoms. The number of nitrogens with two attached hydrogens (primary N) is 1. The average molecular weight is 696 g/mol. The summed E-state index contributed by atoms with van der Waals surface area (Å²) in [7, 11) is 6.69. The van der Waals surface area contributed by atoms with Gasteiger partial charge < -0.3 is 34.5 Å². The van der Waals surface area contributed by atoms with E-state index in [0.717, 1.165) is 87.7 Å². The van der Waals surface area contributed by atoms with E-state index in [2.05, 4.69) is 61.8 Å². The minimum atomic E-state index is -0.314. The van der Waals surface area contributed by atoms with Crippen LogP contribution >= 0.6 is 0 Å². The van der Waals surface area contributed by atoms with Crippen molar-refractivity contribution in [3.63, 3.8) is 0 Å². The summed E-state index contributed by atoms with van der Waals surface area (Å²) in [5.74, 6) is 4.72. The van der Waals surface area contributed by atoms with E-state index in [4.69, 9.17) is 29.4 Å². The smallest absolute Gasteiger partial charge is 0.319 e. The number of nitrogens with zero attached hydrogens (tertiary/aromatic N) is 2. The maximum atomic E-state index is 11.9. The molecule has 4 heterocycles. The van der Waals surface area contributed by atoms with Gasteiger partial charge in [-0.2, -0.15) is 0 Å². The fourth-order valence-electron chi connectivity index (χ4n) is 8.85. The van der Waals surface area contributed by atoms with E-state index >= 15 is 0 Å². The van der Waals surface area contributed by atoms with Gasteiger partial charge in [0.2, 0.25) is 0 Å². The van der Waals surface area contributed by atoms with Crippen molar-refractivity contribution < 1.29 is 33.6 Å². The van der Waals surface area contributed by atoms with Crippen molar-refractivity contribution in [1.82, 2.24) is 9.80 Å². The summed E-state index contributed by atoms with van der Waals surface area (Å²) < 4.78 is 27.7. The molecule has 3 N–H and O–H groups in total. The number of fused-ring (bicyclic) bond motifs is 6. The van der Waals surface area contributed by atoms with Gasteiger partial charge in [-0.05, 0) is 96.4 Å². The van der Waals surface area contributed by atoms with Crippen molar-refractivity contribution in [3.05, 3.63) is 46.5 Å². The maximum Gasteiger partial charge on any atom is 0.319 e. The number of aliphatic hydroxyl groups excluding tert-OH is 1. The van der Waals surface area contributed by atoms with E-state index in [9.17, 15) is 9.90 Å². The Morgan fingerprint density at radius 2 is 1.18 bits per heavy atom. The summed E-state index contributed by atoms with van der Waals surface area (Å²) in [5, 5.41) is 10.6. The molecule has 0 aromatic heterocycles. The first-order chi connectivity index (χ1) is 24.0. The van der Waals surface area contributed by atoms with Crippen LogP contribution in [0, 0.1) is 23.7 Å². The highest BCUT2D eigenvalue weighted by Crippen LogP contribution is 2.45. The van der Waals surface area contributed by atoms with E-state index < -0.39 is 0 Å². The van der Waals surface area contributed by atoms with Gasteiger partial charge >= 0.3 is 5.97 Å². The highest BCUT2D eigenvalue weighted by Gasteiger charge is 2.42. The van der Waals surface area contributed by atoms with Crippen LogP contribution in [0.5, 0.6) is 23.0 Å². The van der Waals surface area contributed by atoms with Gasteiger partial charge in [0.15, 0.2) is 23.0 Å². The van der Waals surface area contributed by atoms with Crippen molar-refractivity contribution in [2.75, 3.05) is 61.2 Å². The lowest BCUT2D eigenvalue weighted by Crippen LogP contribution is -2.49. The van der Waals surface area contributed by atoms with Crippen LogP contribution in [0.1, 0.15) is 87.7 Å². The molecule has 10 heteroatoms. The van der Waals surface area contributed by atoms with Gasteiger partial charge in [0, 0.05) is 50.6 Å². The van der Waals surface area contributed by atoms with E-state index in [1.54, 1.807) is 28.4 Å². The average Bonchev–Trinajstić information content (AvgIpc) is 3.10. The zero-order valence-electron chi connectivity index (χ0n) is 31.6. The molecule has 10 nitrogen and oxygen atoms in total. The lowest BCUT2D eigenvalue weighted by molar-refractivity contribution is -0.155. The molecule has 2 fully saturated rings. The van der Waals surface area contributed by atoms with Gasteiger partial charge in [-0.1, -0.05) is 27.7 Å². The summed E-state index contributed by atoms with van der Waals surface area (Å²) in [6.07, 6.45) is 5.49. The third-order valence-electron chi connectivity index (χ3n) is 11.2. The number of benzene rings is 2. The number of ether oxygens (including phenoxy) is 5. The predicted molar refractivity (Wildman–Crippen MR) is 195 cm³/mol. The quantitative estimate of drug-likeness (QED) is 0.306. The predicted octanol–water partition coefficient (Wildman–Crippen LogP) is 5.57. The molecule has 6 rings (SSSR count). The van der Waals surface area contributed by atoms with Crippen LogP contribution in [-0.4, -0.2) is 94.2 Å². The molecular weight excluding hydrogens is 634 g/mol. The number of esters is 1. The van der Waals surface area contributed by atoms with E-state index in [1.165, 1.54) is 22.3 Å². The number of aliphatic hydroxyl groups is 1. The molecule has 2 aromatic carbocycles. The number of hydrogen-bond donors (Lipinski definition) is 2. The van der Waals surface area contributed by atoms with Gasteiger partial charge in [0.25, 0.3) is 0 Å². The van der Waals surface area contributed by atoms with Crippen LogP contribution in [0.3, 0.4) is 0 Å². The molecule has 4 aliphatic rings. The minimum absolute atomic E-state index is 0.0686. The van der Waals surface area contributed by atoms with Crippen LogP contribution in [0.2, 0.25) is 0 Å². The number of carbonyl (C=O) groups is 1. The first-order valence-electron chi connectivity index (χ1n) is 18.5. The Morgan fingerprint density at radius 3 is 1.64 bits per heavy atom. The molecular formula is C40H61N3O7. The first-order valence-corrected chi connectivity index (χ1v) is 18.5. The van der Waals surface area contributed by atoms with Gasteiger partial charge in [-0.15, -0.1) is 0 Å². The molecule has 50 heavy (non-hydrogen) atoms. The zero-order valence-corrected chi connectivity index (χ0v) is 31.6. The van der Waals surface area contributed by atoms with Crippen molar-refractivity contribution in [2.45, 2.75) is 90.5 Å². The van der Waals surface area contributed by atoms with Crippen molar-refractivity contribution in [3.8, 4) is 23.0 Å². The lowest BCUT2D eigenvalue weighted by atomic mass is 9.79. The molecule has 0 saturated carbocycles. The molecule has 0 aliphatic carbocycles. The first kappa shape index (κ1) is 38.2. The van der Waals surface area contributed by atoms with Crippen molar-refractivity contribution in [1.29, 1.82) is 0 Å². The van der Waals surface area contributed by atoms with Crippen molar-refractivity contribution in [2.24, 2.45) is 29.4 Å². The van der Waals surface area contributed by atoms with Gasteiger partial charge in [-0.25, -0.2) is 0 Å². The van der Waals surface area contributed by atoms with Crippen LogP contribution < -0.4 is 24.7 Å². The Bertz CT molecular complexity index is 1450. The standard InChI is InChI=1S/C21H32N2O4.C19H29NO3/c1-13(2)7-15-12-23-6-5-14-8-19(25-3)20(26-4)9-16(14)17(23)10-18(15)27-21(24)11-22;1-12(2)7-14-11-20-6-5-13-8-18(22-3)19(23-4)9-15(13)16(20)10-17(14)21/h8-9,13,15,17-18H,5-7,10-12,22H2,1-4H3;8-9,12,14,16-17,21H,5-7,10-11H2,1-4H3. The van der Waals surface area contributed by atoms with E-state index in [1.807, 2.05) is 0 Å². The summed E-state index contributed by atoms with van der Waals surface area (Å²) in [6.45, 7) is 12.9. The fraction of sp³-hybridized carbons (Fsp3) is 0.675. The van der Waals surface area contributed by atoms with E-state index in [-0.39, 0.29) is 30.8 Å². The molecule has 0 amide bonds. The second-order valence-electron chi connectivity index (χ2n) is 15.4. The molecule has 2 aromatic rings. The summed E-state index contributed by atoms with van der Waals surface area (Å²) in [4.78, 5) is 17.0. The monoisotopic (exact) mass is 695 g/mol. The third kappa shape index (κ3) is 8.52. The number of carbonyl (C=O) groups excluding carboxylic acids is 1. The molecule has 0 bridgehead atoms. The Kier molecular flexibility index (Phi) is 13.0. The summed E-state index contributed by atoms with van der Waals surface area (Å²) in [6, 6.07) is 8.94. The van der Waals surface area contributed by atoms with Crippen LogP contribution in [0.25, 0.3) is 0 Å². The number of hydrogen-bond acceptors (Lipinski definition) is 10.